The van der Waals surface area contributed by atoms with Crippen LogP contribution in [0.4, 0.5) is 5.69 Å². The molecule has 1 aliphatic heterocycles. The topological polar surface area (TPSA) is 51.2 Å². The summed E-state index contributed by atoms with van der Waals surface area (Å²) >= 11 is 0. The van der Waals surface area contributed by atoms with E-state index < -0.39 is 0 Å². The first-order valence-electron chi connectivity index (χ1n) is 8.25. The molecule has 2 aromatic rings. The fourth-order valence-electron chi connectivity index (χ4n) is 4.05. The molecular formula is C20H20N2O2. The normalized spacial score (nSPS) is 24.0. The van der Waals surface area contributed by atoms with Gasteiger partial charge in [0.15, 0.2) is 0 Å². The Hall–Kier alpha value is -2.62. The molecule has 122 valence electrons. The highest BCUT2D eigenvalue weighted by Crippen LogP contribution is 2.50. The molecule has 0 bridgehead atoms. The van der Waals surface area contributed by atoms with E-state index in [-0.39, 0.29) is 12.0 Å². The van der Waals surface area contributed by atoms with Crippen molar-refractivity contribution in [2.24, 2.45) is 5.92 Å². The first-order valence-corrected chi connectivity index (χ1v) is 8.25. The van der Waals surface area contributed by atoms with Gasteiger partial charge in [-0.2, -0.15) is 0 Å². The number of benzene rings is 1. The van der Waals surface area contributed by atoms with Gasteiger partial charge in [-0.3, -0.25) is 4.98 Å². The van der Waals surface area contributed by atoms with Crippen molar-refractivity contribution >= 4 is 11.7 Å². The molecule has 2 aliphatic rings. The molecule has 1 aromatic heterocycles. The van der Waals surface area contributed by atoms with Crippen LogP contribution >= 0.6 is 0 Å². The first-order chi connectivity index (χ1) is 11.7. The summed E-state index contributed by atoms with van der Waals surface area (Å²) in [5.41, 5.74) is 5.14. The molecule has 4 rings (SSSR count). The molecule has 0 saturated carbocycles. The lowest BCUT2D eigenvalue weighted by atomic mass is 9.76. The molecule has 1 N–H and O–H groups in total. The molecule has 0 unspecified atom stereocenters. The van der Waals surface area contributed by atoms with Crippen LogP contribution in [0.5, 0.6) is 0 Å². The zero-order chi connectivity index (χ0) is 16.7. The predicted molar refractivity (Wildman–Crippen MR) is 93.1 cm³/mol. The van der Waals surface area contributed by atoms with Gasteiger partial charge in [0.25, 0.3) is 0 Å². The molecule has 1 aromatic carbocycles. The van der Waals surface area contributed by atoms with E-state index in [1.165, 1.54) is 18.2 Å². The van der Waals surface area contributed by atoms with Crippen LogP contribution in [0.15, 0.2) is 48.8 Å². The summed E-state index contributed by atoms with van der Waals surface area (Å²) in [5.74, 6) is 0.578. The van der Waals surface area contributed by atoms with Crippen molar-refractivity contribution in [3.63, 3.8) is 0 Å². The predicted octanol–water partition coefficient (Wildman–Crippen LogP) is 4.00. The molecule has 0 fully saturated rings. The van der Waals surface area contributed by atoms with Crippen LogP contribution in [0.3, 0.4) is 0 Å². The van der Waals surface area contributed by atoms with Crippen molar-refractivity contribution in [1.82, 2.24) is 4.98 Å². The number of anilines is 1. The minimum atomic E-state index is -0.290. The van der Waals surface area contributed by atoms with Crippen molar-refractivity contribution in [1.29, 1.82) is 0 Å². The summed E-state index contributed by atoms with van der Waals surface area (Å²) in [4.78, 5) is 16.2. The summed E-state index contributed by atoms with van der Waals surface area (Å²) in [5, 5.41) is 3.70. The highest BCUT2D eigenvalue weighted by Gasteiger charge is 2.38. The molecule has 4 heteroatoms. The zero-order valence-electron chi connectivity index (χ0n) is 13.8. The summed E-state index contributed by atoms with van der Waals surface area (Å²) in [6.07, 6.45) is 9.30. The van der Waals surface area contributed by atoms with Crippen molar-refractivity contribution in [2.45, 2.75) is 25.3 Å². The summed E-state index contributed by atoms with van der Waals surface area (Å²) in [6.45, 7) is 1.99. The Balaban J connectivity index is 1.83. The number of carbonyl (C=O) groups excluding carboxylic acids is 1. The number of rotatable bonds is 2. The van der Waals surface area contributed by atoms with Gasteiger partial charge in [-0.05, 0) is 54.2 Å². The van der Waals surface area contributed by atoms with Crippen LogP contribution in [0.2, 0.25) is 0 Å². The Labute approximate surface area is 141 Å². The average molecular weight is 320 g/mol. The molecule has 4 nitrogen and oxygen atoms in total. The number of fused-ring (bicyclic) bond motifs is 3. The number of aromatic nitrogens is 1. The van der Waals surface area contributed by atoms with Crippen LogP contribution in [-0.2, 0) is 4.74 Å². The molecular weight excluding hydrogens is 300 g/mol. The van der Waals surface area contributed by atoms with Gasteiger partial charge in [0, 0.05) is 24.0 Å². The van der Waals surface area contributed by atoms with E-state index in [1.807, 2.05) is 25.4 Å². The fraction of sp³-hybridized carbons (Fsp3) is 0.300. The minimum Gasteiger partial charge on any atom is -0.465 e. The number of hydrogen-bond donors (Lipinski definition) is 1. The number of hydrogen-bond acceptors (Lipinski definition) is 4. The monoisotopic (exact) mass is 320 g/mol. The number of ether oxygens (including phenoxy) is 1. The highest BCUT2D eigenvalue weighted by atomic mass is 16.5. The van der Waals surface area contributed by atoms with Crippen LogP contribution < -0.4 is 5.32 Å². The second kappa shape index (κ2) is 5.78. The van der Waals surface area contributed by atoms with E-state index in [2.05, 4.69) is 40.7 Å². The van der Waals surface area contributed by atoms with Crippen LogP contribution in [0.1, 0.15) is 45.4 Å². The van der Waals surface area contributed by atoms with Crippen LogP contribution in [0, 0.1) is 12.8 Å². The van der Waals surface area contributed by atoms with Gasteiger partial charge in [0.2, 0.25) is 0 Å². The molecule has 2 heterocycles. The van der Waals surface area contributed by atoms with Crippen LogP contribution in [-0.4, -0.2) is 18.1 Å². The number of carbonyl (C=O) groups is 1. The molecule has 0 amide bonds. The third-order valence-corrected chi connectivity index (χ3v) is 5.27. The number of nitrogens with zero attached hydrogens (tertiary/aromatic N) is 1. The largest absolute Gasteiger partial charge is 0.465 e. The van der Waals surface area contributed by atoms with Gasteiger partial charge in [-0.25, -0.2) is 4.79 Å². The van der Waals surface area contributed by atoms with Gasteiger partial charge < -0.3 is 10.1 Å². The second-order valence-corrected chi connectivity index (χ2v) is 6.45. The number of methoxy groups -OCH3 is 1. The summed E-state index contributed by atoms with van der Waals surface area (Å²) < 4.78 is 4.92. The zero-order valence-corrected chi connectivity index (χ0v) is 13.8. The molecule has 1 aliphatic carbocycles. The van der Waals surface area contributed by atoms with Crippen molar-refractivity contribution in [2.75, 3.05) is 12.4 Å². The number of pyridine rings is 1. The lowest BCUT2D eigenvalue weighted by Gasteiger charge is -2.38. The lowest BCUT2D eigenvalue weighted by Crippen LogP contribution is -2.30. The maximum atomic E-state index is 12.0. The van der Waals surface area contributed by atoms with Gasteiger partial charge in [-0.15, -0.1) is 0 Å². The maximum absolute atomic E-state index is 12.0. The molecule has 24 heavy (non-hydrogen) atoms. The number of nitrogens with one attached hydrogen (secondary N) is 1. The van der Waals surface area contributed by atoms with Crippen molar-refractivity contribution in [3.05, 3.63) is 71.1 Å². The van der Waals surface area contributed by atoms with E-state index in [9.17, 15) is 4.79 Å². The Morgan fingerprint density at radius 1 is 1.25 bits per heavy atom. The average Bonchev–Trinajstić information content (AvgIpc) is 3.11. The van der Waals surface area contributed by atoms with E-state index in [4.69, 9.17) is 4.74 Å². The Morgan fingerprint density at radius 3 is 2.79 bits per heavy atom. The van der Waals surface area contributed by atoms with E-state index in [0.29, 0.717) is 17.4 Å². The van der Waals surface area contributed by atoms with Gasteiger partial charge in [-0.1, -0.05) is 18.2 Å². The smallest absolute Gasteiger partial charge is 0.338 e. The third-order valence-electron chi connectivity index (χ3n) is 5.27. The van der Waals surface area contributed by atoms with Gasteiger partial charge in [0.1, 0.15) is 0 Å². The fourth-order valence-corrected chi connectivity index (χ4v) is 4.05. The van der Waals surface area contributed by atoms with Gasteiger partial charge >= 0.3 is 5.97 Å². The van der Waals surface area contributed by atoms with E-state index in [1.54, 1.807) is 0 Å². The Bertz CT molecular complexity index is 814. The van der Waals surface area contributed by atoms with E-state index in [0.717, 1.165) is 17.7 Å². The highest BCUT2D eigenvalue weighted by molar-refractivity contribution is 5.93. The lowest BCUT2D eigenvalue weighted by molar-refractivity contribution is 0.0600. The Kier molecular flexibility index (Phi) is 3.60. The first kappa shape index (κ1) is 14.9. The number of esters is 1. The summed E-state index contributed by atoms with van der Waals surface area (Å²) in [7, 11) is 1.42. The van der Waals surface area contributed by atoms with Crippen molar-refractivity contribution in [3.8, 4) is 0 Å². The molecule has 3 atom stereocenters. The standard InChI is InChI=1S/C20H20N2O2/c1-12-14(20(23)24-2)6-7-17-15-4-3-5-16(15)19(22-18(12)17)13-8-10-21-11-9-13/h3-4,6-11,15-16,19,22H,5H2,1-2H3/t15-,16+,19-/m1/s1. The number of allylic oxidation sites excluding steroid dienone is 2. The van der Waals surface area contributed by atoms with Crippen LogP contribution in [0.25, 0.3) is 0 Å². The minimum absolute atomic E-state index is 0.215. The summed E-state index contributed by atoms with van der Waals surface area (Å²) in [6, 6.07) is 8.30. The Morgan fingerprint density at radius 2 is 2.04 bits per heavy atom. The van der Waals surface area contributed by atoms with Crippen molar-refractivity contribution < 1.29 is 9.53 Å². The SMILES string of the molecule is COC(=O)c1ccc2c(c1C)N[C@H](c1ccncc1)[C@H]1CC=C[C@@H]21. The maximum Gasteiger partial charge on any atom is 0.338 e. The quantitative estimate of drug-likeness (QED) is 0.671. The second-order valence-electron chi connectivity index (χ2n) is 6.45. The molecule has 0 saturated heterocycles. The van der Waals surface area contributed by atoms with Gasteiger partial charge in [0.05, 0.1) is 18.7 Å². The molecule has 0 radical (unpaired) electrons. The molecule has 0 spiro atoms. The van der Waals surface area contributed by atoms with E-state index >= 15 is 0 Å². The third kappa shape index (κ3) is 2.21.